The van der Waals surface area contributed by atoms with Gasteiger partial charge in [0.05, 0.1) is 0 Å². The third-order valence-electron chi connectivity index (χ3n) is 5.23. The molecule has 16 nitrogen and oxygen atoms in total. The van der Waals surface area contributed by atoms with E-state index in [1.807, 2.05) is 41.5 Å². The molecule has 2 aromatic rings. The Hall–Kier alpha value is -2.13. The summed E-state index contributed by atoms with van der Waals surface area (Å²) in [7, 11) is -0.176. The molecule has 3 N–H and O–H groups in total. The number of ether oxygens (including phenoxy) is 2. The number of nitrogens with two attached hydrogens (primary N) is 1. The molecule has 0 aliphatic heterocycles. The third-order valence-corrected chi connectivity index (χ3v) is 9.65. The second-order valence-corrected chi connectivity index (χ2v) is 15.4. The monoisotopic (exact) mass is 676 g/mol. The molecule has 0 fully saturated rings. The second-order valence-electron chi connectivity index (χ2n) is 10.5. The molecule has 0 saturated carbocycles. The normalized spacial score (nSPS) is 13.6. The number of anilines is 2. The lowest BCUT2D eigenvalue weighted by Crippen LogP contribution is -2.30. The van der Waals surface area contributed by atoms with Crippen molar-refractivity contribution in [2.45, 2.75) is 64.1 Å². The first-order valence-electron chi connectivity index (χ1n) is 12.4. The van der Waals surface area contributed by atoms with Gasteiger partial charge in [0.25, 0.3) is 11.1 Å². The fourth-order valence-electron chi connectivity index (χ4n) is 2.78. The van der Waals surface area contributed by atoms with E-state index in [4.69, 9.17) is 40.2 Å². The molecule has 0 bridgehead atoms. The first-order valence-corrected chi connectivity index (χ1v) is 16.0. The zero-order valence-corrected chi connectivity index (χ0v) is 29.0. The van der Waals surface area contributed by atoms with Gasteiger partial charge in [-0.05, 0) is 11.6 Å². The lowest BCUT2D eigenvalue weighted by molar-refractivity contribution is -0.122. The van der Waals surface area contributed by atoms with E-state index < -0.39 is 38.0 Å². The summed E-state index contributed by atoms with van der Waals surface area (Å²) in [6.07, 6.45) is 0. The number of nitrogens with one attached hydrogen (secondary N) is 1. The quantitative estimate of drug-likeness (QED) is 0.233. The van der Waals surface area contributed by atoms with Crippen LogP contribution in [-0.4, -0.2) is 75.8 Å². The van der Waals surface area contributed by atoms with Crippen LogP contribution in [0.1, 0.15) is 53.1 Å². The van der Waals surface area contributed by atoms with Crippen LogP contribution < -0.4 is 11.1 Å². The Kier molecular flexibility index (Phi) is 16.5. The van der Waals surface area contributed by atoms with Crippen molar-refractivity contribution in [1.29, 1.82) is 0 Å². The number of hydrogen-bond acceptors (Lipinski definition) is 15. The van der Waals surface area contributed by atoms with E-state index in [9.17, 15) is 18.7 Å². The highest BCUT2D eigenvalue weighted by Crippen LogP contribution is 2.53. The number of aromatic nitrogens is 2. The number of carbonyl (C=O) groups excluding carboxylic acids is 2. The zero-order chi connectivity index (χ0) is 33.8. The molecule has 2 aromatic heterocycles. The summed E-state index contributed by atoms with van der Waals surface area (Å²) in [5.41, 5.74) is 5.13. The molecule has 2 unspecified atom stereocenters. The minimum absolute atomic E-state index is 0.00458. The smallest absolute Gasteiger partial charge is 0.368 e. The van der Waals surface area contributed by atoms with Crippen LogP contribution in [-0.2, 0) is 57.1 Å². The fourth-order valence-corrected chi connectivity index (χ4v) is 5.40. The summed E-state index contributed by atoms with van der Waals surface area (Å²) in [6, 6.07) is 3.34. The first kappa shape index (κ1) is 40.9. The maximum Gasteiger partial charge on any atom is 0.368 e. The average molecular weight is 677 g/mol. The summed E-state index contributed by atoms with van der Waals surface area (Å²) in [6.45, 7) is 12.0. The fraction of sp³-hybridized carbons (Fsp3) is 0.667. The molecule has 248 valence electrons. The molecule has 0 aromatic carbocycles. The van der Waals surface area contributed by atoms with Crippen molar-refractivity contribution in [3.63, 3.8) is 0 Å². The lowest BCUT2D eigenvalue weighted by atomic mass is 9.93. The highest BCUT2D eigenvalue weighted by Gasteiger charge is 2.41. The van der Waals surface area contributed by atoms with Gasteiger partial charge in [0.15, 0.2) is 11.6 Å². The van der Waals surface area contributed by atoms with E-state index in [0.717, 1.165) is 20.0 Å². The molecule has 0 aliphatic rings. The molecule has 2 atom stereocenters. The number of carbonyl (C=O) groups is 2. The Morgan fingerprint density at radius 1 is 0.791 bits per heavy atom. The first-order chi connectivity index (χ1) is 19.7. The van der Waals surface area contributed by atoms with Crippen molar-refractivity contribution < 1.29 is 55.3 Å². The van der Waals surface area contributed by atoms with Crippen molar-refractivity contribution in [2.75, 3.05) is 53.7 Å². The second kappa shape index (κ2) is 17.4. The van der Waals surface area contributed by atoms with Gasteiger partial charge in [0, 0.05) is 65.6 Å². The van der Waals surface area contributed by atoms with Crippen molar-refractivity contribution in [3.8, 4) is 0 Å². The molecular weight excluding hydrogens is 634 g/mol. The maximum absolute atomic E-state index is 12.2. The van der Waals surface area contributed by atoms with Crippen molar-refractivity contribution in [1.82, 2.24) is 10.3 Å². The summed E-state index contributed by atoms with van der Waals surface area (Å²) in [5.74, 6) is -1.39. The predicted octanol–water partition coefficient (Wildman–Crippen LogP) is 5.13. The lowest BCUT2D eigenvalue weighted by Gasteiger charge is -2.21. The van der Waals surface area contributed by atoms with Crippen LogP contribution >= 0.6 is 26.8 Å². The third kappa shape index (κ3) is 12.4. The van der Waals surface area contributed by atoms with Gasteiger partial charge in [-0.2, -0.15) is 0 Å². The van der Waals surface area contributed by atoms with Crippen LogP contribution in [0.15, 0.2) is 21.2 Å². The highest BCUT2D eigenvalue weighted by molar-refractivity contribution is 7.56. The van der Waals surface area contributed by atoms with E-state index in [-0.39, 0.29) is 16.6 Å². The molecule has 2 rings (SSSR count). The van der Waals surface area contributed by atoms with Crippen LogP contribution in [0.4, 0.5) is 11.6 Å². The Labute approximate surface area is 256 Å². The van der Waals surface area contributed by atoms with Gasteiger partial charge in [-0.15, -0.1) is 0 Å². The van der Waals surface area contributed by atoms with E-state index in [1.165, 1.54) is 28.4 Å². The van der Waals surface area contributed by atoms with Gasteiger partial charge in [-0.3, -0.25) is 18.7 Å². The van der Waals surface area contributed by atoms with E-state index in [1.54, 1.807) is 12.1 Å². The Bertz CT molecular complexity index is 1240. The topological polar surface area (TPSA) is 214 Å². The number of amides is 1. The molecule has 1 amide bonds. The standard InChI is InChI=1S/C12H21N2O6P.C7H12N2O.C5H10ClO5P/c1-12(2,3)8-7-9(14-20-8)13-10(15)11(17-4)21(16,18-5)19-6;1-7(2,3)5-4-6(8)9-10-5;1-9-5(4(6)7)12(8,10-2)11-3/h7,11H,1-6H3,(H,13,14,15);4H,1-3H3,(H2,8,9);5H,1-3H3. The minimum Gasteiger partial charge on any atom is -0.381 e. The number of rotatable bonds is 11. The predicted molar refractivity (Wildman–Crippen MR) is 159 cm³/mol. The van der Waals surface area contributed by atoms with Gasteiger partial charge in [0.1, 0.15) is 11.5 Å². The van der Waals surface area contributed by atoms with Gasteiger partial charge in [0.2, 0.25) is 11.7 Å². The molecule has 0 radical (unpaired) electrons. The van der Waals surface area contributed by atoms with Crippen LogP contribution in [0, 0.1) is 0 Å². The maximum atomic E-state index is 12.2. The highest BCUT2D eigenvalue weighted by atomic mass is 35.5. The van der Waals surface area contributed by atoms with Gasteiger partial charge in [-0.25, -0.2) is 0 Å². The molecule has 43 heavy (non-hydrogen) atoms. The van der Waals surface area contributed by atoms with Crippen molar-refractivity contribution in [2.24, 2.45) is 0 Å². The number of halogens is 1. The molecule has 19 heteroatoms. The SMILES string of the molecule is CC(C)(C)c1cc(N)no1.COC(C(=O)Cl)P(=O)(OC)OC.COC(C(=O)Nc1cc(C(C)(C)C)on1)P(=O)(OC)OC. The Morgan fingerprint density at radius 2 is 1.19 bits per heavy atom. The van der Waals surface area contributed by atoms with E-state index in [0.29, 0.717) is 11.6 Å². The molecule has 0 aliphatic carbocycles. The largest absolute Gasteiger partial charge is 0.381 e. The van der Waals surface area contributed by atoms with Crippen LogP contribution in [0.3, 0.4) is 0 Å². The van der Waals surface area contributed by atoms with E-state index in [2.05, 4.69) is 29.4 Å². The number of hydrogen-bond donors (Lipinski definition) is 2. The van der Waals surface area contributed by atoms with E-state index >= 15 is 0 Å². The molecule has 0 saturated heterocycles. The number of nitrogens with zero attached hydrogens (tertiary/aromatic N) is 2. The summed E-state index contributed by atoms with van der Waals surface area (Å²) in [5, 5.41) is 8.87. The zero-order valence-electron chi connectivity index (χ0n) is 26.5. The van der Waals surface area contributed by atoms with Crippen LogP contribution in [0.25, 0.3) is 0 Å². The number of methoxy groups -OCH3 is 2. The minimum atomic E-state index is -3.70. The molecule has 0 spiro atoms. The van der Waals surface area contributed by atoms with Gasteiger partial charge < -0.3 is 47.7 Å². The van der Waals surface area contributed by atoms with Crippen molar-refractivity contribution >= 4 is 49.6 Å². The summed E-state index contributed by atoms with van der Waals surface area (Å²) >= 11 is 5.09. The van der Waals surface area contributed by atoms with Gasteiger partial charge >= 0.3 is 15.2 Å². The molecule has 2 heterocycles. The average Bonchev–Trinajstić information content (AvgIpc) is 3.59. The summed E-state index contributed by atoms with van der Waals surface area (Å²) < 4.78 is 61.8. The van der Waals surface area contributed by atoms with Crippen LogP contribution in [0.2, 0.25) is 0 Å². The molecular formula is C24H43ClN4O12P2. The van der Waals surface area contributed by atoms with Crippen LogP contribution in [0.5, 0.6) is 0 Å². The Morgan fingerprint density at radius 3 is 1.44 bits per heavy atom. The summed E-state index contributed by atoms with van der Waals surface area (Å²) in [4.78, 5) is 22.8. The Balaban J connectivity index is 0.000000677. The van der Waals surface area contributed by atoms with Crippen molar-refractivity contribution in [3.05, 3.63) is 23.7 Å². The number of nitrogen functional groups attached to an aromatic ring is 1. The van der Waals surface area contributed by atoms with Gasteiger partial charge in [-0.1, -0.05) is 51.9 Å².